The molecule has 1 saturated heterocycles. The number of hydrogen-bond acceptors (Lipinski definition) is 4. The summed E-state index contributed by atoms with van der Waals surface area (Å²) in [6.45, 7) is 8.04. The number of piperazine rings is 1. The second-order valence-corrected chi connectivity index (χ2v) is 7.22. The first-order valence-corrected chi connectivity index (χ1v) is 9.79. The summed E-state index contributed by atoms with van der Waals surface area (Å²) in [5.74, 6) is 0.0466. The number of rotatable bonds is 4. The third kappa shape index (κ3) is 4.30. The SMILES string of the molecule is CCOC(=O)N1CCN(C(=O)Cc2c(C)nn(-c3ccc(Cl)cc3)c2C)CC1. The van der Waals surface area contributed by atoms with Gasteiger partial charge in [0.1, 0.15) is 0 Å². The van der Waals surface area contributed by atoms with Crippen LogP contribution in [-0.2, 0) is 16.0 Å². The van der Waals surface area contributed by atoms with Gasteiger partial charge in [0.15, 0.2) is 0 Å². The van der Waals surface area contributed by atoms with Crippen molar-refractivity contribution in [1.29, 1.82) is 0 Å². The Kier molecular flexibility index (Phi) is 6.24. The van der Waals surface area contributed by atoms with E-state index < -0.39 is 0 Å². The van der Waals surface area contributed by atoms with Crippen LogP contribution in [0.3, 0.4) is 0 Å². The van der Waals surface area contributed by atoms with Gasteiger partial charge < -0.3 is 14.5 Å². The number of ether oxygens (including phenoxy) is 1. The molecule has 2 aromatic rings. The van der Waals surface area contributed by atoms with Gasteiger partial charge in [0.2, 0.25) is 5.91 Å². The highest BCUT2D eigenvalue weighted by Gasteiger charge is 2.26. The largest absolute Gasteiger partial charge is 0.450 e. The summed E-state index contributed by atoms with van der Waals surface area (Å²) >= 11 is 5.97. The van der Waals surface area contributed by atoms with Crippen LogP contribution in [0.5, 0.6) is 0 Å². The van der Waals surface area contributed by atoms with Crippen LogP contribution in [0, 0.1) is 13.8 Å². The molecule has 28 heavy (non-hydrogen) atoms. The van der Waals surface area contributed by atoms with E-state index in [0.717, 1.165) is 22.6 Å². The minimum Gasteiger partial charge on any atom is -0.450 e. The fourth-order valence-electron chi connectivity index (χ4n) is 3.38. The Morgan fingerprint density at radius 2 is 1.68 bits per heavy atom. The van der Waals surface area contributed by atoms with Gasteiger partial charge in [0, 0.05) is 42.5 Å². The Balaban J connectivity index is 1.67. The molecule has 0 spiro atoms. The standard InChI is InChI=1S/C20H25ClN4O3/c1-4-28-20(27)24-11-9-23(10-12-24)19(26)13-18-14(2)22-25(15(18)3)17-7-5-16(21)6-8-17/h5-8H,4,9-13H2,1-3H3. The molecule has 1 aromatic carbocycles. The predicted octanol–water partition coefficient (Wildman–Crippen LogP) is 2.99. The Labute approximate surface area is 169 Å². The maximum absolute atomic E-state index is 12.8. The highest BCUT2D eigenvalue weighted by molar-refractivity contribution is 6.30. The van der Waals surface area contributed by atoms with Crippen molar-refractivity contribution in [1.82, 2.24) is 19.6 Å². The molecule has 0 atom stereocenters. The average Bonchev–Trinajstić information content (AvgIpc) is 2.97. The van der Waals surface area contributed by atoms with Crippen molar-refractivity contribution in [3.8, 4) is 5.69 Å². The molecule has 2 heterocycles. The van der Waals surface area contributed by atoms with E-state index in [-0.39, 0.29) is 12.0 Å². The number of carbonyl (C=O) groups excluding carboxylic acids is 2. The summed E-state index contributed by atoms with van der Waals surface area (Å²) in [4.78, 5) is 28.0. The van der Waals surface area contributed by atoms with Crippen molar-refractivity contribution < 1.29 is 14.3 Å². The Hall–Kier alpha value is -2.54. The molecule has 0 N–H and O–H groups in total. The maximum Gasteiger partial charge on any atom is 0.409 e. The summed E-state index contributed by atoms with van der Waals surface area (Å²) < 4.78 is 6.86. The number of amides is 2. The van der Waals surface area contributed by atoms with E-state index >= 15 is 0 Å². The second-order valence-electron chi connectivity index (χ2n) is 6.78. The third-order valence-electron chi connectivity index (χ3n) is 5.00. The number of aromatic nitrogens is 2. The van der Waals surface area contributed by atoms with Gasteiger partial charge in [0.25, 0.3) is 0 Å². The first-order chi connectivity index (χ1) is 13.4. The van der Waals surface area contributed by atoms with Crippen LogP contribution in [0.15, 0.2) is 24.3 Å². The normalized spacial score (nSPS) is 14.3. The third-order valence-corrected chi connectivity index (χ3v) is 5.25. The molecule has 3 rings (SSSR count). The lowest BCUT2D eigenvalue weighted by Gasteiger charge is -2.34. The molecule has 0 aliphatic carbocycles. The Bertz CT molecular complexity index is 855. The summed E-state index contributed by atoms with van der Waals surface area (Å²) in [5, 5.41) is 5.27. The molecule has 1 aliphatic heterocycles. The van der Waals surface area contributed by atoms with Crippen molar-refractivity contribution in [3.63, 3.8) is 0 Å². The van der Waals surface area contributed by atoms with Gasteiger partial charge in [-0.05, 0) is 45.0 Å². The number of hydrogen-bond donors (Lipinski definition) is 0. The van der Waals surface area contributed by atoms with Gasteiger partial charge in [0.05, 0.1) is 24.4 Å². The van der Waals surface area contributed by atoms with Gasteiger partial charge >= 0.3 is 6.09 Å². The Morgan fingerprint density at radius 3 is 2.29 bits per heavy atom. The summed E-state index contributed by atoms with van der Waals surface area (Å²) in [6, 6.07) is 7.45. The fourth-order valence-corrected chi connectivity index (χ4v) is 3.51. The zero-order valence-corrected chi connectivity index (χ0v) is 17.2. The molecule has 0 unspecified atom stereocenters. The van der Waals surface area contributed by atoms with Crippen LogP contribution in [-0.4, -0.2) is 64.4 Å². The van der Waals surface area contributed by atoms with Crippen molar-refractivity contribution in [3.05, 3.63) is 46.2 Å². The first-order valence-electron chi connectivity index (χ1n) is 9.41. The van der Waals surface area contributed by atoms with Crippen LogP contribution in [0.25, 0.3) is 5.69 Å². The van der Waals surface area contributed by atoms with Gasteiger partial charge in [-0.15, -0.1) is 0 Å². The molecule has 0 bridgehead atoms. The van der Waals surface area contributed by atoms with Crippen LogP contribution in [0.2, 0.25) is 5.02 Å². The molecule has 150 valence electrons. The number of carbonyl (C=O) groups is 2. The highest BCUT2D eigenvalue weighted by Crippen LogP contribution is 2.21. The molecule has 0 saturated carbocycles. The van der Waals surface area contributed by atoms with Crippen LogP contribution in [0.4, 0.5) is 4.79 Å². The van der Waals surface area contributed by atoms with E-state index in [1.165, 1.54) is 0 Å². The predicted molar refractivity (Wildman–Crippen MR) is 107 cm³/mol. The van der Waals surface area contributed by atoms with Gasteiger partial charge in [-0.2, -0.15) is 5.10 Å². The molecule has 1 fully saturated rings. The molecular formula is C20H25ClN4O3. The lowest BCUT2D eigenvalue weighted by Crippen LogP contribution is -2.51. The fraction of sp³-hybridized carbons (Fsp3) is 0.450. The minimum absolute atomic E-state index is 0.0466. The second kappa shape index (κ2) is 8.65. The van der Waals surface area contributed by atoms with Crippen LogP contribution >= 0.6 is 11.6 Å². The number of halogens is 1. The number of benzene rings is 1. The first kappa shape index (κ1) is 20.2. The molecular weight excluding hydrogens is 380 g/mol. The van der Waals surface area contributed by atoms with Crippen molar-refractivity contribution in [2.45, 2.75) is 27.2 Å². The van der Waals surface area contributed by atoms with E-state index in [1.807, 2.05) is 42.8 Å². The topological polar surface area (TPSA) is 67.7 Å². The molecule has 0 radical (unpaired) electrons. The monoisotopic (exact) mass is 404 g/mol. The average molecular weight is 405 g/mol. The van der Waals surface area contributed by atoms with Crippen molar-refractivity contribution in [2.75, 3.05) is 32.8 Å². The molecule has 2 amide bonds. The van der Waals surface area contributed by atoms with Gasteiger partial charge in [-0.1, -0.05) is 11.6 Å². The van der Waals surface area contributed by atoms with Crippen LogP contribution < -0.4 is 0 Å². The van der Waals surface area contributed by atoms with Crippen molar-refractivity contribution >= 4 is 23.6 Å². The quantitative estimate of drug-likeness (QED) is 0.785. The van der Waals surface area contributed by atoms with Gasteiger partial charge in [-0.25, -0.2) is 9.48 Å². The molecule has 8 heteroatoms. The number of aryl methyl sites for hydroxylation is 1. The highest BCUT2D eigenvalue weighted by atomic mass is 35.5. The van der Waals surface area contributed by atoms with Crippen LogP contribution in [0.1, 0.15) is 23.9 Å². The lowest BCUT2D eigenvalue weighted by molar-refractivity contribution is -0.132. The lowest BCUT2D eigenvalue weighted by atomic mass is 10.1. The molecule has 1 aromatic heterocycles. The Morgan fingerprint density at radius 1 is 1.07 bits per heavy atom. The zero-order valence-electron chi connectivity index (χ0n) is 16.4. The molecule has 7 nitrogen and oxygen atoms in total. The van der Waals surface area contributed by atoms with E-state index in [0.29, 0.717) is 44.2 Å². The smallest absolute Gasteiger partial charge is 0.409 e. The summed E-state index contributed by atoms with van der Waals surface area (Å²) in [6.07, 6.45) is -0.0180. The minimum atomic E-state index is -0.314. The number of nitrogens with zero attached hydrogens (tertiary/aromatic N) is 4. The van der Waals surface area contributed by atoms with Crippen molar-refractivity contribution in [2.24, 2.45) is 0 Å². The molecule has 1 aliphatic rings. The zero-order chi connectivity index (χ0) is 20.3. The van der Waals surface area contributed by atoms with E-state index in [2.05, 4.69) is 5.10 Å². The maximum atomic E-state index is 12.8. The summed E-state index contributed by atoms with van der Waals surface area (Å²) in [7, 11) is 0. The van der Waals surface area contributed by atoms with E-state index in [9.17, 15) is 9.59 Å². The van der Waals surface area contributed by atoms with Gasteiger partial charge in [-0.3, -0.25) is 4.79 Å². The summed E-state index contributed by atoms with van der Waals surface area (Å²) in [5.41, 5.74) is 3.63. The van der Waals surface area contributed by atoms with E-state index in [4.69, 9.17) is 16.3 Å². The van der Waals surface area contributed by atoms with E-state index in [1.54, 1.807) is 16.7 Å².